The smallest absolute Gasteiger partial charge is 0.318 e. The number of rotatable bonds is 5. The molecule has 0 bridgehead atoms. The molecule has 0 radical (unpaired) electrons. The van der Waals surface area contributed by atoms with Gasteiger partial charge >= 0.3 is 6.03 Å². The minimum Gasteiger partial charge on any atom is -0.331 e. The molecule has 0 aromatic carbocycles. The number of nitrogens with one attached hydrogen (secondary N) is 1. The SMILES string of the molecule is CC(C)N(C[C@@H]1C[C@@H]1C)C(=O)NCc1nnc2n1CCC2. The van der Waals surface area contributed by atoms with Gasteiger partial charge in [-0.25, -0.2) is 4.79 Å². The number of carbonyl (C=O) groups is 1. The average Bonchev–Trinajstić information content (AvgIpc) is 2.85. The third kappa shape index (κ3) is 3.04. The van der Waals surface area contributed by atoms with Crippen molar-refractivity contribution in [2.24, 2.45) is 11.8 Å². The zero-order chi connectivity index (χ0) is 15.0. The lowest BCUT2D eigenvalue weighted by Crippen LogP contribution is -2.45. The summed E-state index contributed by atoms with van der Waals surface area (Å²) in [4.78, 5) is 14.3. The van der Waals surface area contributed by atoms with E-state index in [0.29, 0.717) is 12.5 Å². The predicted molar refractivity (Wildman–Crippen MR) is 79.7 cm³/mol. The Bertz CT molecular complexity index is 524. The number of carbonyl (C=O) groups excluding carboxylic acids is 1. The average molecular weight is 291 g/mol. The van der Waals surface area contributed by atoms with Crippen LogP contribution in [0.4, 0.5) is 4.79 Å². The van der Waals surface area contributed by atoms with Crippen molar-refractivity contribution in [3.63, 3.8) is 0 Å². The van der Waals surface area contributed by atoms with E-state index in [1.54, 1.807) is 0 Å². The van der Waals surface area contributed by atoms with E-state index in [-0.39, 0.29) is 12.1 Å². The molecule has 0 spiro atoms. The van der Waals surface area contributed by atoms with E-state index in [0.717, 1.165) is 43.5 Å². The van der Waals surface area contributed by atoms with E-state index in [2.05, 4.69) is 40.9 Å². The van der Waals surface area contributed by atoms with Crippen LogP contribution in [0.3, 0.4) is 0 Å². The maximum atomic E-state index is 12.4. The van der Waals surface area contributed by atoms with Gasteiger partial charge in [-0.15, -0.1) is 10.2 Å². The van der Waals surface area contributed by atoms with Crippen molar-refractivity contribution in [1.82, 2.24) is 25.0 Å². The number of fused-ring (bicyclic) bond motifs is 1. The number of aromatic nitrogens is 3. The molecule has 1 saturated carbocycles. The zero-order valence-electron chi connectivity index (χ0n) is 13.2. The van der Waals surface area contributed by atoms with Gasteiger partial charge in [-0.2, -0.15) is 0 Å². The molecule has 3 rings (SSSR count). The summed E-state index contributed by atoms with van der Waals surface area (Å²) in [6.45, 7) is 8.70. The summed E-state index contributed by atoms with van der Waals surface area (Å²) in [5.74, 6) is 3.36. The van der Waals surface area contributed by atoms with E-state index in [9.17, 15) is 4.79 Å². The quantitative estimate of drug-likeness (QED) is 0.899. The third-order valence-electron chi connectivity index (χ3n) is 4.68. The third-order valence-corrected chi connectivity index (χ3v) is 4.68. The van der Waals surface area contributed by atoms with Gasteiger partial charge in [0.05, 0.1) is 6.54 Å². The number of amides is 2. The molecule has 1 aliphatic carbocycles. The number of hydrogen-bond acceptors (Lipinski definition) is 3. The van der Waals surface area contributed by atoms with Gasteiger partial charge in [-0.05, 0) is 38.5 Å². The first-order chi connectivity index (χ1) is 10.1. The minimum absolute atomic E-state index is 0.0134. The first-order valence-electron chi connectivity index (χ1n) is 8.01. The van der Waals surface area contributed by atoms with Crippen LogP contribution in [0, 0.1) is 11.8 Å². The van der Waals surface area contributed by atoms with Crippen LogP contribution in [0.5, 0.6) is 0 Å². The Kier molecular flexibility index (Phi) is 3.87. The van der Waals surface area contributed by atoms with Crippen molar-refractivity contribution in [1.29, 1.82) is 0 Å². The van der Waals surface area contributed by atoms with Gasteiger partial charge < -0.3 is 14.8 Å². The zero-order valence-corrected chi connectivity index (χ0v) is 13.2. The molecule has 21 heavy (non-hydrogen) atoms. The van der Waals surface area contributed by atoms with Crippen LogP contribution in [-0.2, 0) is 19.5 Å². The van der Waals surface area contributed by atoms with Crippen LogP contribution in [-0.4, -0.2) is 38.3 Å². The summed E-state index contributed by atoms with van der Waals surface area (Å²) in [6.07, 6.45) is 3.37. The first kappa shape index (κ1) is 14.4. The van der Waals surface area contributed by atoms with Gasteiger partial charge in [0, 0.05) is 25.6 Å². The Hall–Kier alpha value is -1.59. The second kappa shape index (κ2) is 5.66. The molecule has 1 fully saturated rings. The topological polar surface area (TPSA) is 63.1 Å². The van der Waals surface area contributed by atoms with E-state index >= 15 is 0 Å². The van der Waals surface area contributed by atoms with Gasteiger partial charge in [-0.3, -0.25) is 0 Å². The molecule has 2 heterocycles. The molecule has 6 heteroatoms. The molecular formula is C15H25N5O. The fourth-order valence-corrected chi connectivity index (χ4v) is 3.03. The van der Waals surface area contributed by atoms with E-state index in [4.69, 9.17) is 0 Å². The van der Waals surface area contributed by atoms with E-state index < -0.39 is 0 Å². The Morgan fingerprint density at radius 1 is 1.48 bits per heavy atom. The molecule has 1 aliphatic heterocycles. The maximum absolute atomic E-state index is 12.4. The van der Waals surface area contributed by atoms with Crippen LogP contribution in [0.1, 0.15) is 45.3 Å². The molecule has 1 N–H and O–H groups in total. The normalized spacial score (nSPS) is 23.2. The molecule has 1 aromatic heterocycles. The molecule has 2 atom stereocenters. The highest BCUT2D eigenvalue weighted by Crippen LogP contribution is 2.38. The summed E-state index contributed by atoms with van der Waals surface area (Å²) in [5, 5.41) is 11.4. The lowest BCUT2D eigenvalue weighted by atomic mass is 10.2. The lowest BCUT2D eigenvalue weighted by molar-refractivity contribution is 0.178. The number of urea groups is 1. The Labute approximate surface area is 125 Å². The fraction of sp³-hybridized carbons (Fsp3) is 0.800. The van der Waals surface area contributed by atoms with Gasteiger partial charge in [0.1, 0.15) is 5.82 Å². The van der Waals surface area contributed by atoms with Crippen LogP contribution < -0.4 is 5.32 Å². The summed E-state index contributed by atoms with van der Waals surface area (Å²) in [6, 6.07) is 0.237. The van der Waals surface area contributed by atoms with Crippen molar-refractivity contribution in [2.75, 3.05) is 6.54 Å². The number of nitrogens with zero attached hydrogens (tertiary/aromatic N) is 4. The standard InChI is InChI=1S/C15H25N5O/c1-10(2)20(9-12-7-11(12)3)15(21)16-8-14-18-17-13-5-4-6-19(13)14/h10-12H,4-9H2,1-3H3,(H,16,21)/t11-,12-/m0/s1. The van der Waals surface area contributed by atoms with Gasteiger partial charge in [-0.1, -0.05) is 6.92 Å². The predicted octanol–water partition coefficient (Wildman–Crippen LogP) is 1.80. The summed E-state index contributed by atoms with van der Waals surface area (Å²) in [5.41, 5.74) is 0. The molecule has 0 unspecified atom stereocenters. The molecule has 2 aliphatic rings. The first-order valence-corrected chi connectivity index (χ1v) is 8.01. The number of aryl methyl sites for hydroxylation is 1. The Balaban J connectivity index is 1.56. The number of hydrogen-bond donors (Lipinski definition) is 1. The van der Waals surface area contributed by atoms with Crippen molar-refractivity contribution in [3.8, 4) is 0 Å². The van der Waals surface area contributed by atoms with Crippen molar-refractivity contribution < 1.29 is 4.79 Å². The van der Waals surface area contributed by atoms with E-state index in [1.165, 1.54) is 6.42 Å². The molecule has 0 saturated heterocycles. The maximum Gasteiger partial charge on any atom is 0.318 e. The Morgan fingerprint density at radius 3 is 2.90 bits per heavy atom. The monoisotopic (exact) mass is 291 g/mol. The van der Waals surface area contributed by atoms with Crippen molar-refractivity contribution in [3.05, 3.63) is 11.6 Å². The van der Waals surface area contributed by atoms with E-state index in [1.807, 2.05) is 4.90 Å². The molecule has 1 aromatic rings. The summed E-state index contributed by atoms with van der Waals surface area (Å²) >= 11 is 0. The fourth-order valence-electron chi connectivity index (χ4n) is 3.03. The van der Waals surface area contributed by atoms with Crippen LogP contribution in [0.25, 0.3) is 0 Å². The molecular weight excluding hydrogens is 266 g/mol. The van der Waals surface area contributed by atoms with Crippen molar-refractivity contribution >= 4 is 6.03 Å². The van der Waals surface area contributed by atoms with Crippen molar-refractivity contribution in [2.45, 2.75) is 59.2 Å². The van der Waals surface area contributed by atoms with Crippen LogP contribution in [0.15, 0.2) is 0 Å². The van der Waals surface area contributed by atoms with Gasteiger partial charge in [0.2, 0.25) is 0 Å². The highest BCUT2D eigenvalue weighted by Gasteiger charge is 2.35. The summed E-state index contributed by atoms with van der Waals surface area (Å²) < 4.78 is 2.13. The lowest BCUT2D eigenvalue weighted by Gasteiger charge is -2.27. The minimum atomic E-state index is 0.0134. The molecule has 6 nitrogen and oxygen atoms in total. The highest BCUT2D eigenvalue weighted by molar-refractivity contribution is 5.74. The second-order valence-electron chi connectivity index (χ2n) is 6.67. The van der Waals surface area contributed by atoms with Crippen LogP contribution in [0.2, 0.25) is 0 Å². The Morgan fingerprint density at radius 2 is 2.24 bits per heavy atom. The van der Waals surface area contributed by atoms with Crippen LogP contribution >= 0.6 is 0 Å². The van der Waals surface area contributed by atoms with Gasteiger partial charge in [0.15, 0.2) is 5.82 Å². The largest absolute Gasteiger partial charge is 0.331 e. The molecule has 2 amide bonds. The highest BCUT2D eigenvalue weighted by atomic mass is 16.2. The van der Waals surface area contributed by atoms with Gasteiger partial charge in [0.25, 0.3) is 0 Å². The second-order valence-corrected chi connectivity index (χ2v) is 6.67. The summed E-state index contributed by atoms with van der Waals surface area (Å²) in [7, 11) is 0. The molecule has 116 valence electrons.